The van der Waals surface area contributed by atoms with Crippen molar-refractivity contribution in [2.45, 2.75) is 19.3 Å². The van der Waals surface area contributed by atoms with Gasteiger partial charge in [-0.3, -0.25) is 9.89 Å². The van der Waals surface area contributed by atoms with Crippen LogP contribution in [0.4, 0.5) is 5.69 Å². The van der Waals surface area contributed by atoms with Crippen LogP contribution < -0.4 is 15.8 Å². The lowest BCUT2D eigenvalue weighted by molar-refractivity contribution is -0.117. The number of methoxy groups -OCH3 is 1. The highest BCUT2D eigenvalue weighted by molar-refractivity contribution is 5.98. The Balaban J connectivity index is 1.88. The molecule has 0 radical (unpaired) electrons. The average molecular weight is 338 g/mol. The van der Waals surface area contributed by atoms with Gasteiger partial charge in [0.2, 0.25) is 5.91 Å². The highest BCUT2D eigenvalue weighted by atomic mass is 16.5. The van der Waals surface area contributed by atoms with Crippen LogP contribution in [0.5, 0.6) is 5.75 Å². The topological polar surface area (TPSA) is 93.0 Å². The number of H-pyrrole nitrogens is 1. The lowest BCUT2D eigenvalue weighted by Gasteiger charge is -2.19. The van der Waals surface area contributed by atoms with Gasteiger partial charge in [0.05, 0.1) is 18.5 Å². The van der Waals surface area contributed by atoms with Crippen LogP contribution in [0.25, 0.3) is 10.9 Å². The molecule has 1 atom stereocenters. The Bertz CT molecular complexity index is 888. The Morgan fingerprint density at radius 3 is 2.88 bits per heavy atom. The molecule has 25 heavy (non-hydrogen) atoms. The first-order valence-corrected chi connectivity index (χ1v) is 8.22. The van der Waals surface area contributed by atoms with Crippen molar-refractivity contribution in [2.24, 2.45) is 5.73 Å². The highest BCUT2D eigenvalue weighted by Gasteiger charge is 2.23. The maximum absolute atomic E-state index is 12.9. The number of anilines is 1. The molecule has 0 aliphatic heterocycles. The molecule has 0 aliphatic rings. The number of hydrogen-bond donors (Lipinski definition) is 3. The van der Waals surface area contributed by atoms with Gasteiger partial charge in [-0.25, -0.2) is 0 Å². The van der Waals surface area contributed by atoms with Crippen molar-refractivity contribution < 1.29 is 9.53 Å². The summed E-state index contributed by atoms with van der Waals surface area (Å²) in [5, 5.41) is 11.1. The second-order valence-electron chi connectivity index (χ2n) is 5.94. The van der Waals surface area contributed by atoms with Crippen LogP contribution in [0.1, 0.15) is 23.6 Å². The third kappa shape index (κ3) is 3.49. The second kappa shape index (κ2) is 7.36. The first kappa shape index (κ1) is 17.0. The number of fused-ring (bicyclic) bond motifs is 1. The zero-order valence-electron chi connectivity index (χ0n) is 14.4. The monoisotopic (exact) mass is 338 g/mol. The van der Waals surface area contributed by atoms with Gasteiger partial charge in [0.1, 0.15) is 5.75 Å². The number of benzene rings is 2. The van der Waals surface area contributed by atoms with Crippen LogP contribution in [0.3, 0.4) is 0 Å². The molecule has 1 aromatic heterocycles. The Morgan fingerprint density at radius 2 is 2.12 bits per heavy atom. The van der Waals surface area contributed by atoms with E-state index in [4.69, 9.17) is 10.5 Å². The summed E-state index contributed by atoms with van der Waals surface area (Å²) in [6, 6.07) is 13.2. The van der Waals surface area contributed by atoms with Crippen molar-refractivity contribution in [2.75, 3.05) is 19.0 Å². The number of aromatic amines is 1. The van der Waals surface area contributed by atoms with Gasteiger partial charge in [-0.15, -0.1) is 0 Å². The Labute approximate surface area is 146 Å². The first-order chi connectivity index (χ1) is 12.1. The molecular formula is C19H22N4O2. The fraction of sp³-hybridized carbons (Fsp3) is 0.263. The van der Waals surface area contributed by atoms with E-state index in [1.165, 1.54) is 0 Å². The van der Waals surface area contributed by atoms with Gasteiger partial charge >= 0.3 is 0 Å². The largest absolute Gasteiger partial charge is 0.496 e. The minimum atomic E-state index is -0.373. The quantitative estimate of drug-likeness (QED) is 0.644. The number of para-hydroxylation sites is 1. The van der Waals surface area contributed by atoms with E-state index in [-0.39, 0.29) is 11.8 Å². The molecule has 1 unspecified atom stereocenters. The number of carbonyl (C=O) groups is 1. The highest BCUT2D eigenvalue weighted by Crippen LogP contribution is 2.30. The number of hydrogen-bond acceptors (Lipinski definition) is 4. The lowest BCUT2D eigenvalue weighted by atomic mass is 9.93. The number of aromatic nitrogens is 2. The third-order valence-corrected chi connectivity index (χ3v) is 4.30. The van der Waals surface area contributed by atoms with E-state index >= 15 is 0 Å². The normalized spacial score (nSPS) is 12.1. The van der Waals surface area contributed by atoms with E-state index in [0.717, 1.165) is 27.8 Å². The number of aryl methyl sites for hydroxylation is 1. The molecule has 1 heterocycles. The molecule has 0 spiro atoms. The summed E-state index contributed by atoms with van der Waals surface area (Å²) in [6.45, 7) is 2.36. The standard InChI is InChI=1S/C19H22N4O2/c1-12-16-11-13(7-8-17(16)23-22-12)21-19(24)15(9-10-20)14-5-3-4-6-18(14)25-2/h3-8,11,15H,9-10,20H2,1-2H3,(H,21,24)(H,22,23). The molecule has 3 aromatic rings. The smallest absolute Gasteiger partial charge is 0.232 e. The number of ether oxygens (including phenoxy) is 1. The summed E-state index contributed by atoms with van der Waals surface area (Å²) >= 11 is 0. The number of rotatable bonds is 6. The van der Waals surface area contributed by atoms with E-state index in [9.17, 15) is 4.79 Å². The summed E-state index contributed by atoms with van der Waals surface area (Å²) in [4.78, 5) is 12.9. The summed E-state index contributed by atoms with van der Waals surface area (Å²) in [6.07, 6.45) is 0.541. The number of nitrogens with one attached hydrogen (secondary N) is 2. The molecule has 1 amide bonds. The number of nitrogens with zero attached hydrogens (tertiary/aromatic N) is 1. The van der Waals surface area contributed by atoms with E-state index in [0.29, 0.717) is 18.7 Å². The summed E-state index contributed by atoms with van der Waals surface area (Å²) in [7, 11) is 1.60. The molecule has 6 nitrogen and oxygen atoms in total. The lowest BCUT2D eigenvalue weighted by Crippen LogP contribution is -2.24. The average Bonchev–Trinajstić information content (AvgIpc) is 3.00. The molecular weight excluding hydrogens is 316 g/mol. The van der Waals surface area contributed by atoms with Gasteiger partial charge in [0.15, 0.2) is 0 Å². The Morgan fingerprint density at radius 1 is 1.32 bits per heavy atom. The Kier molecular flexibility index (Phi) is 5.00. The maximum atomic E-state index is 12.9. The van der Waals surface area contributed by atoms with Gasteiger partial charge in [0, 0.05) is 22.3 Å². The summed E-state index contributed by atoms with van der Waals surface area (Å²) < 4.78 is 5.40. The van der Waals surface area contributed by atoms with Crippen LogP contribution in [-0.4, -0.2) is 29.8 Å². The maximum Gasteiger partial charge on any atom is 0.232 e. The molecule has 0 aliphatic carbocycles. The van der Waals surface area contributed by atoms with Crippen LogP contribution in [-0.2, 0) is 4.79 Å². The molecule has 130 valence electrons. The zero-order chi connectivity index (χ0) is 17.8. The molecule has 6 heteroatoms. The van der Waals surface area contributed by atoms with E-state index in [1.54, 1.807) is 7.11 Å². The first-order valence-electron chi connectivity index (χ1n) is 8.22. The predicted octanol–water partition coefficient (Wildman–Crippen LogP) is 2.95. The van der Waals surface area contributed by atoms with Gasteiger partial charge in [-0.2, -0.15) is 5.10 Å². The molecule has 2 aromatic carbocycles. The SMILES string of the molecule is COc1ccccc1C(CCN)C(=O)Nc1ccc2n[nH]c(C)c2c1. The van der Waals surface area contributed by atoms with Gasteiger partial charge in [-0.1, -0.05) is 18.2 Å². The molecule has 3 rings (SSSR count). The fourth-order valence-electron chi connectivity index (χ4n) is 2.99. The summed E-state index contributed by atoms with van der Waals surface area (Å²) in [5.74, 6) is 0.218. The fourth-order valence-corrected chi connectivity index (χ4v) is 2.99. The van der Waals surface area contributed by atoms with E-state index in [1.807, 2.05) is 49.4 Å². The van der Waals surface area contributed by atoms with Crippen molar-refractivity contribution >= 4 is 22.5 Å². The number of amides is 1. The zero-order valence-corrected chi connectivity index (χ0v) is 14.4. The molecule has 0 saturated heterocycles. The van der Waals surface area contributed by atoms with E-state index < -0.39 is 0 Å². The van der Waals surface area contributed by atoms with Crippen molar-refractivity contribution in [3.8, 4) is 5.75 Å². The minimum absolute atomic E-state index is 0.101. The van der Waals surface area contributed by atoms with Gasteiger partial charge in [0.25, 0.3) is 0 Å². The van der Waals surface area contributed by atoms with Crippen LogP contribution in [0.15, 0.2) is 42.5 Å². The van der Waals surface area contributed by atoms with Crippen molar-refractivity contribution in [1.29, 1.82) is 0 Å². The minimum Gasteiger partial charge on any atom is -0.496 e. The summed E-state index contributed by atoms with van der Waals surface area (Å²) in [5.41, 5.74) is 9.15. The van der Waals surface area contributed by atoms with Crippen molar-refractivity contribution in [3.05, 3.63) is 53.7 Å². The Hall–Kier alpha value is -2.86. The van der Waals surface area contributed by atoms with Crippen LogP contribution >= 0.6 is 0 Å². The van der Waals surface area contributed by atoms with Gasteiger partial charge in [-0.05, 0) is 44.2 Å². The molecule has 0 bridgehead atoms. The van der Waals surface area contributed by atoms with Crippen LogP contribution in [0, 0.1) is 6.92 Å². The van der Waals surface area contributed by atoms with Crippen LogP contribution in [0.2, 0.25) is 0 Å². The third-order valence-electron chi connectivity index (χ3n) is 4.30. The number of carbonyl (C=O) groups excluding carboxylic acids is 1. The second-order valence-corrected chi connectivity index (χ2v) is 5.94. The van der Waals surface area contributed by atoms with E-state index in [2.05, 4.69) is 15.5 Å². The van der Waals surface area contributed by atoms with Crippen molar-refractivity contribution in [3.63, 3.8) is 0 Å². The molecule has 0 saturated carbocycles. The van der Waals surface area contributed by atoms with Crippen molar-refractivity contribution in [1.82, 2.24) is 10.2 Å². The predicted molar refractivity (Wildman–Crippen MR) is 98.9 cm³/mol. The number of nitrogens with two attached hydrogens (primary N) is 1. The van der Waals surface area contributed by atoms with Gasteiger partial charge < -0.3 is 15.8 Å². The molecule has 0 fully saturated rings. The molecule has 4 N–H and O–H groups in total.